The first-order valence-electron chi connectivity index (χ1n) is 5.10. The monoisotopic (exact) mass is 361 g/mol. The molecule has 1 N–H and O–H groups in total. The molecule has 0 aliphatic carbocycles. The summed E-state index contributed by atoms with van der Waals surface area (Å²) in [6.07, 6.45) is -4.41. The van der Waals surface area contributed by atoms with Crippen LogP contribution in [0.5, 0.6) is 0 Å². The Bertz CT molecular complexity index is 519. The summed E-state index contributed by atoms with van der Waals surface area (Å²) in [5.41, 5.74) is 0. The van der Waals surface area contributed by atoms with E-state index in [1.54, 1.807) is 12.1 Å². The average Bonchev–Trinajstić information content (AvgIpc) is 2.27. The van der Waals surface area contributed by atoms with E-state index in [1.807, 2.05) is 0 Å². The molecule has 4 nitrogen and oxygen atoms in total. The summed E-state index contributed by atoms with van der Waals surface area (Å²) >= 11 is 3.13. The summed E-state index contributed by atoms with van der Waals surface area (Å²) in [5.74, 6) is 0. The van der Waals surface area contributed by atoms with Crippen LogP contribution >= 0.6 is 15.9 Å². The highest BCUT2D eigenvalue weighted by Crippen LogP contribution is 2.16. The molecule has 0 spiro atoms. The average molecular weight is 362 g/mol. The van der Waals surface area contributed by atoms with Gasteiger partial charge in [0.25, 0.3) is 0 Å². The van der Waals surface area contributed by atoms with Gasteiger partial charge >= 0.3 is 6.18 Å². The van der Waals surface area contributed by atoms with Crippen LogP contribution in [0.3, 0.4) is 0 Å². The fourth-order valence-electron chi connectivity index (χ4n) is 1.15. The Labute approximate surface area is 117 Å². The van der Waals surface area contributed by atoms with Crippen LogP contribution < -0.4 is 4.72 Å². The van der Waals surface area contributed by atoms with Gasteiger partial charge in [-0.2, -0.15) is 13.2 Å². The second kappa shape index (κ2) is 6.69. The largest absolute Gasteiger partial charge is 0.411 e. The number of benzene rings is 1. The molecule has 9 heteroatoms. The molecule has 0 saturated carbocycles. The normalized spacial score (nSPS) is 12.6. The summed E-state index contributed by atoms with van der Waals surface area (Å²) in [5, 5.41) is 0. The molecule has 0 atom stereocenters. The van der Waals surface area contributed by atoms with Crippen LogP contribution in [0.4, 0.5) is 13.2 Å². The number of ether oxygens (including phenoxy) is 1. The minimum Gasteiger partial charge on any atom is -0.371 e. The second-order valence-electron chi connectivity index (χ2n) is 3.52. The van der Waals surface area contributed by atoms with Gasteiger partial charge in [0.15, 0.2) is 0 Å². The molecule has 0 radical (unpaired) electrons. The van der Waals surface area contributed by atoms with E-state index >= 15 is 0 Å². The first kappa shape index (κ1) is 16.4. The Morgan fingerprint density at radius 1 is 1.32 bits per heavy atom. The molecule has 0 saturated heterocycles. The van der Waals surface area contributed by atoms with Gasteiger partial charge in [0.05, 0.1) is 11.5 Å². The van der Waals surface area contributed by atoms with E-state index < -0.39 is 22.8 Å². The third kappa shape index (κ3) is 6.37. The van der Waals surface area contributed by atoms with E-state index in [4.69, 9.17) is 0 Å². The SMILES string of the molecule is O=S(=O)(NCCOCC(F)(F)F)c1cccc(Br)c1. The first-order valence-corrected chi connectivity index (χ1v) is 7.38. The number of hydrogen-bond donors (Lipinski definition) is 1. The van der Waals surface area contributed by atoms with Crippen molar-refractivity contribution in [1.29, 1.82) is 0 Å². The third-order valence-electron chi connectivity index (χ3n) is 1.91. The highest BCUT2D eigenvalue weighted by molar-refractivity contribution is 9.10. The molecule has 108 valence electrons. The van der Waals surface area contributed by atoms with E-state index in [0.717, 1.165) is 0 Å². The fourth-order valence-corrected chi connectivity index (χ4v) is 2.76. The second-order valence-corrected chi connectivity index (χ2v) is 6.21. The number of halogens is 4. The van der Waals surface area contributed by atoms with E-state index in [9.17, 15) is 21.6 Å². The van der Waals surface area contributed by atoms with Crippen molar-refractivity contribution < 1.29 is 26.3 Å². The lowest BCUT2D eigenvalue weighted by molar-refractivity contribution is -0.173. The molecule has 1 aromatic rings. The Kier molecular flexibility index (Phi) is 5.78. The molecule has 0 fully saturated rings. The molecular weight excluding hydrogens is 351 g/mol. The van der Waals surface area contributed by atoms with Gasteiger partial charge in [-0.3, -0.25) is 0 Å². The van der Waals surface area contributed by atoms with Crippen LogP contribution in [0.1, 0.15) is 0 Å². The Balaban J connectivity index is 2.44. The van der Waals surface area contributed by atoms with Gasteiger partial charge in [-0.05, 0) is 18.2 Å². The molecule has 1 rings (SSSR count). The van der Waals surface area contributed by atoms with E-state index in [-0.39, 0.29) is 18.0 Å². The lowest BCUT2D eigenvalue weighted by atomic mass is 10.4. The molecule has 0 aromatic heterocycles. The molecule has 0 amide bonds. The number of hydrogen-bond acceptors (Lipinski definition) is 3. The summed E-state index contributed by atoms with van der Waals surface area (Å²) in [4.78, 5) is 0.0256. The van der Waals surface area contributed by atoms with Gasteiger partial charge in [0, 0.05) is 11.0 Å². The number of rotatable bonds is 6. The summed E-state index contributed by atoms with van der Waals surface area (Å²) in [6, 6.07) is 5.97. The highest BCUT2D eigenvalue weighted by atomic mass is 79.9. The van der Waals surface area contributed by atoms with Gasteiger partial charge < -0.3 is 4.74 Å². The van der Waals surface area contributed by atoms with Crippen LogP contribution in [0, 0.1) is 0 Å². The predicted molar refractivity (Wildman–Crippen MR) is 66.2 cm³/mol. The van der Waals surface area contributed by atoms with Crippen molar-refractivity contribution in [1.82, 2.24) is 4.72 Å². The van der Waals surface area contributed by atoms with Crippen LogP contribution in [0.2, 0.25) is 0 Å². The molecule has 0 heterocycles. The van der Waals surface area contributed by atoms with Gasteiger partial charge in [-0.15, -0.1) is 0 Å². The Morgan fingerprint density at radius 2 is 2.00 bits per heavy atom. The van der Waals surface area contributed by atoms with Crippen molar-refractivity contribution in [3.05, 3.63) is 28.7 Å². The summed E-state index contributed by atoms with van der Waals surface area (Å²) < 4.78 is 65.8. The van der Waals surface area contributed by atoms with Gasteiger partial charge in [0.1, 0.15) is 6.61 Å². The molecular formula is C10H11BrF3NO3S. The zero-order valence-electron chi connectivity index (χ0n) is 9.58. The number of nitrogens with one attached hydrogen (secondary N) is 1. The van der Waals surface area contributed by atoms with Crippen LogP contribution in [-0.4, -0.2) is 34.4 Å². The van der Waals surface area contributed by atoms with Crippen molar-refractivity contribution in [2.24, 2.45) is 0 Å². The van der Waals surface area contributed by atoms with Crippen molar-refractivity contribution >= 4 is 26.0 Å². The summed E-state index contributed by atoms with van der Waals surface area (Å²) in [6.45, 7) is -1.98. The topological polar surface area (TPSA) is 55.4 Å². The van der Waals surface area contributed by atoms with Gasteiger partial charge in [-0.1, -0.05) is 22.0 Å². The number of alkyl halides is 3. The first-order chi connectivity index (χ1) is 8.71. The predicted octanol–water partition coefficient (Wildman–Crippen LogP) is 2.31. The maximum absolute atomic E-state index is 11.8. The maximum Gasteiger partial charge on any atom is 0.411 e. The van der Waals surface area contributed by atoms with E-state index in [0.29, 0.717) is 4.47 Å². The van der Waals surface area contributed by atoms with Gasteiger partial charge in [-0.25, -0.2) is 13.1 Å². The lowest BCUT2D eigenvalue weighted by Crippen LogP contribution is -2.29. The molecule has 1 aromatic carbocycles. The van der Waals surface area contributed by atoms with E-state index in [2.05, 4.69) is 25.4 Å². The van der Waals surface area contributed by atoms with E-state index in [1.165, 1.54) is 12.1 Å². The van der Waals surface area contributed by atoms with Gasteiger partial charge in [0.2, 0.25) is 10.0 Å². The van der Waals surface area contributed by atoms with Crippen molar-refractivity contribution in [2.75, 3.05) is 19.8 Å². The zero-order chi connectivity index (χ0) is 14.5. The maximum atomic E-state index is 11.8. The Morgan fingerprint density at radius 3 is 2.58 bits per heavy atom. The molecule has 0 aliphatic heterocycles. The smallest absolute Gasteiger partial charge is 0.371 e. The van der Waals surface area contributed by atoms with Crippen molar-refractivity contribution in [3.8, 4) is 0 Å². The molecule has 0 aliphatic rings. The minimum atomic E-state index is -4.41. The standard InChI is InChI=1S/C10H11BrF3NO3S/c11-8-2-1-3-9(6-8)19(16,17)15-4-5-18-7-10(12,13)14/h1-3,6,15H,4-5,7H2. The molecule has 0 unspecified atom stereocenters. The van der Waals surface area contributed by atoms with Crippen molar-refractivity contribution in [3.63, 3.8) is 0 Å². The zero-order valence-corrected chi connectivity index (χ0v) is 12.0. The quantitative estimate of drug-likeness (QED) is 0.791. The summed E-state index contributed by atoms with van der Waals surface area (Å²) in [7, 11) is -3.74. The highest BCUT2D eigenvalue weighted by Gasteiger charge is 2.27. The number of sulfonamides is 1. The van der Waals surface area contributed by atoms with Crippen LogP contribution in [0.15, 0.2) is 33.6 Å². The van der Waals surface area contributed by atoms with Crippen molar-refractivity contribution in [2.45, 2.75) is 11.1 Å². The molecule has 0 bridgehead atoms. The lowest BCUT2D eigenvalue weighted by Gasteiger charge is -2.09. The van der Waals surface area contributed by atoms with Crippen LogP contribution in [-0.2, 0) is 14.8 Å². The van der Waals surface area contributed by atoms with Crippen LogP contribution in [0.25, 0.3) is 0 Å². The minimum absolute atomic E-state index is 0.0256. The fraction of sp³-hybridized carbons (Fsp3) is 0.400. The molecule has 19 heavy (non-hydrogen) atoms. The Hall–Kier alpha value is -0.640. The third-order valence-corrected chi connectivity index (χ3v) is 3.86.